The van der Waals surface area contributed by atoms with E-state index in [-0.39, 0.29) is 19.8 Å². The fraction of sp³-hybridized carbons (Fsp3) is 0.327. The number of carbonyl (C=O) groups excluding carboxylic acids is 3. The zero-order valence-electron chi connectivity index (χ0n) is 33.8. The summed E-state index contributed by atoms with van der Waals surface area (Å²) in [7, 11) is 0. The lowest BCUT2D eigenvalue weighted by molar-refractivity contribution is -0.375. The van der Waals surface area contributed by atoms with Gasteiger partial charge in [-0.1, -0.05) is 129 Å². The highest BCUT2D eigenvalue weighted by Gasteiger charge is 2.54. The van der Waals surface area contributed by atoms with Crippen molar-refractivity contribution in [3.05, 3.63) is 179 Å². The molecule has 3 aliphatic rings. The first kappa shape index (κ1) is 42.0. The second kappa shape index (κ2) is 19.8. The Hall–Kier alpha value is -5.73. The van der Waals surface area contributed by atoms with Crippen molar-refractivity contribution in [1.29, 1.82) is 0 Å². The number of hydrogen-bond donors (Lipinski definition) is 0. The smallest absolute Gasteiger partial charge is 0.338 e. The van der Waals surface area contributed by atoms with Crippen LogP contribution in [0.2, 0.25) is 0 Å². The molecule has 12 heteroatoms. The number of hydrogen-bond acceptors (Lipinski definition) is 12. The number of esters is 3. The summed E-state index contributed by atoms with van der Waals surface area (Å²) in [6.45, 7) is 3.80. The molecule has 5 unspecified atom stereocenters. The van der Waals surface area contributed by atoms with Gasteiger partial charge in [-0.25, -0.2) is 14.4 Å². The van der Waals surface area contributed by atoms with Crippen molar-refractivity contribution in [2.75, 3.05) is 13.2 Å². The van der Waals surface area contributed by atoms with Crippen molar-refractivity contribution in [3.63, 3.8) is 0 Å². The van der Waals surface area contributed by atoms with Crippen LogP contribution in [0.1, 0.15) is 62.3 Å². The fourth-order valence-corrected chi connectivity index (χ4v) is 7.87. The maximum atomic E-state index is 13.8. The van der Waals surface area contributed by atoms with Gasteiger partial charge in [0.05, 0.1) is 42.1 Å². The minimum Gasteiger partial charge on any atom is -0.459 e. The maximum Gasteiger partial charge on any atom is 0.338 e. The first-order valence-electron chi connectivity index (χ1n) is 20.5. The molecule has 0 bridgehead atoms. The zero-order valence-corrected chi connectivity index (χ0v) is 33.8. The van der Waals surface area contributed by atoms with E-state index in [0.29, 0.717) is 16.7 Å². The van der Waals surface area contributed by atoms with Crippen LogP contribution in [0.15, 0.2) is 152 Å². The Balaban J connectivity index is 1.11. The van der Waals surface area contributed by atoms with E-state index in [0.717, 1.165) is 11.1 Å². The molecule has 316 valence electrons. The average molecular weight is 829 g/mol. The highest BCUT2D eigenvalue weighted by atomic mass is 16.8. The molecule has 12 nitrogen and oxygen atoms in total. The van der Waals surface area contributed by atoms with Crippen molar-refractivity contribution in [2.45, 2.75) is 75.9 Å². The van der Waals surface area contributed by atoms with Crippen molar-refractivity contribution in [1.82, 2.24) is 0 Å². The Morgan fingerprint density at radius 3 is 1.64 bits per heavy atom. The van der Waals surface area contributed by atoms with E-state index in [2.05, 4.69) is 0 Å². The predicted molar refractivity (Wildman–Crippen MR) is 220 cm³/mol. The van der Waals surface area contributed by atoms with Crippen molar-refractivity contribution in [2.24, 2.45) is 11.8 Å². The van der Waals surface area contributed by atoms with Crippen LogP contribution in [0.25, 0.3) is 0 Å². The summed E-state index contributed by atoms with van der Waals surface area (Å²) >= 11 is 0. The molecular formula is C49H48O12. The molecule has 3 saturated heterocycles. The fourth-order valence-electron chi connectivity index (χ4n) is 7.87. The minimum absolute atomic E-state index is 0.132. The third-order valence-corrected chi connectivity index (χ3v) is 11.2. The quantitative estimate of drug-likeness (QED) is 0.0850. The number of fused-ring (bicyclic) bond motifs is 1. The molecule has 0 N–H and O–H groups in total. The molecule has 0 spiro atoms. The standard InChI is InChI=1S/C49H48O12/c1-31-41(61-49-43(59-46(52)36-24-14-6-15-25-36)32(2)40-39(57-49)30-55-47(60-40)37-26-16-7-17-27-37)38(29-53-44(50)34-20-10-4-11-21-34)56-48(54-28-33-18-8-3-9-19-33)42(31)58-45(51)35-22-12-5-13-23-35/h3-27,31-32,38-43,47-49H,28-30H2,1-2H3/t31-,32-,38?,39?,40+,41-,42?,43?,47?,48+,49-/m0/s1. The van der Waals surface area contributed by atoms with Gasteiger partial charge in [0, 0.05) is 17.4 Å². The van der Waals surface area contributed by atoms with Gasteiger partial charge >= 0.3 is 17.9 Å². The van der Waals surface area contributed by atoms with Gasteiger partial charge in [-0.05, 0) is 42.0 Å². The number of ether oxygens (including phenoxy) is 9. The normalized spacial score (nSPS) is 28.5. The summed E-state index contributed by atoms with van der Waals surface area (Å²) in [6, 6.07) is 45.0. The Morgan fingerprint density at radius 2 is 1.07 bits per heavy atom. The molecule has 0 radical (unpaired) electrons. The second-order valence-corrected chi connectivity index (χ2v) is 15.3. The van der Waals surface area contributed by atoms with Crippen LogP contribution < -0.4 is 0 Å². The summed E-state index contributed by atoms with van der Waals surface area (Å²) in [5.41, 5.74) is 2.74. The van der Waals surface area contributed by atoms with Crippen LogP contribution in [-0.4, -0.2) is 80.3 Å². The van der Waals surface area contributed by atoms with Crippen LogP contribution in [0.4, 0.5) is 0 Å². The maximum absolute atomic E-state index is 13.8. The predicted octanol–water partition coefficient (Wildman–Crippen LogP) is 7.73. The highest BCUT2D eigenvalue weighted by Crippen LogP contribution is 2.41. The minimum atomic E-state index is -1.19. The lowest BCUT2D eigenvalue weighted by atomic mass is 9.88. The molecule has 3 aliphatic heterocycles. The van der Waals surface area contributed by atoms with Crippen LogP contribution in [0, 0.1) is 11.8 Å². The van der Waals surface area contributed by atoms with Gasteiger partial charge in [-0.15, -0.1) is 0 Å². The summed E-state index contributed by atoms with van der Waals surface area (Å²) in [4.78, 5) is 40.8. The zero-order chi connectivity index (χ0) is 42.1. The van der Waals surface area contributed by atoms with E-state index in [1.807, 2.05) is 80.6 Å². The monoisotopic (exact) mass is 828 g/mol. The Morgan fingerprint density at radius 1 is 0.557 bits per heavy atom. The van der Waals surface area contributed by atoms with Crippen molar-refractivity contribution in [3.8, 4) is 0 Å². The highest BCUT2D eigenvalue weighted by molar-refractivity contribution is 5.90. The molecule has 8 rings (SSSR count). The lowest BCUT2D eigenvalue weighted by Gasteiger charge is -2.50. The van der Waals surface area contributed by atoms with Crippen LogP contribution in [0.3, 0.4) is 0 Å². The summed E-state index contributed by atoms with van der Waals surface area (Å²) < 4.78 is 57.7. The van der Waals surface area contributed by atoms with E-state index in [4.69, 9.17) is 42.6 Å². The number of carbonyl (C=O) groups is 3. The molecule has 5 aromatic rings. The van der Waals surface area contributed by atoms with E-state index in [1.54, 1.807) is 84.9 Å². The summed E-state index contributed by atoms with van der Waals surface area (Å²) in [5.74, 6) is -2.86. The first-order valence-corrected chi connectivity index (χ1v) is 20.5. The van der Waals surface area contributed by atoms with Gasteiger partial charge in [0.1, 0.15) is 18.8 Å². The van der Waals surface area contributed by atoms with Gasteiger partial charge in [-0.3, -0.25) is 0 Å². The topological polar surface area (TPSA) is 134 Å². The van der Waals surface area contributed by atoms with Gasteiger partial charge in [0.2, 0.25) is 0 Å². The average Bonchev–Trinajstić information content (AvgIpc) is 3.31. The molecule has 0 aliphatic carbocycles. The first-order chi connectivity index (χ1) is 29.8. The number of rotatable bonds is 13. The largest absolute Gasteiger partial charge is 0.459 e. The Labute approximate surface area is 354 Å². The molecule has 11 atom stereocenters. The van der Waals surface area contributed by atoms with E-state index >= 15 is 0 Å². The summed E-state index contributed by atoms with van der Waals surface area (Å²) in [5, 5.41) is 0. The third kappa shape index (κ3) is 10.1. The van der Waals surface area contributed by atoms with Crippen LogP contribution in [0.5, 0.6) is 0 Å². The Kier molecular flexibility index (Phi) is 13.6. The molecule has 0 aromatic heterocycles. The molecule has 61 heavy (non-hydrogen) atoms. The van der Waals surface area contributed by atoms with Gasteiger partial charge in [-0.2, -0.15) is 0 Å². The summed E-state index contributed by atoms with van der Waals surface area (Å²) in [6.07, 6.45) is -8.10. The van der Waals surface area contributed by atoms with E-state index in [1.165, 1.54) is 0 Å². The van der Waals surface area contributed by atoms with E-state index < -0.39 is 85.2 Å². The van der Waals surface area contributed by atoms with Gasteiger partial charge in [0.15, 0.2) is 31.1 Å². The second-order valence-electron chi connectivity index (χ2n) is 15.3. The molecule has 0 saturated carbocycles. The molecule has 3 fully saturated rings. The lowest BCUT2D eigenvalue weighted by Crippen LogP contribution is -2.63. The molecule has 0 amide bonds. The molecular weight excluding hydrogens is 781 g/mol. The van der Waals surface area contributed by atoms with Crippen molar-refractivity contribution >= 4 is 17.9 Å². The molecule has 3 heterocycles. The SMILES string of the molecule is C[C@@H]1C(OC(=O)c2ccccc2)[C@H](OCc2ccccc2)OC(COC(=O)c2ccccc2)[C@H]1O[C@@H]1OC2COC(c3ccccc3)O[C@@H]2[C@H](C)C1OC(=O)c1ccccc1. The molecule has 5 aromatic carbocycles. The van der Waals surface area contributed by atoms with Crippen LogP contribution in [-0.2, 0) is 49.2 Å². The van der Waals surface area contributed by atoms with Crippen molar-refractivity contribution < 1.29 is 57.0 Å². The van der Waals surface area contributed by atoms with Gasteiger partial charge in [0.25, 0.3) is 0 Å². The third-order valence-electron chi connectivity index (χ3n) is 11.2. The number of benzene rings is 5. The Bertz CT molecular complexity index is 2170. The van der Waals surface area contributed by atoms with E-state index in [9.17, 15) is 14.4 Å². The van der Waals surface area contributed by atoms with Crippen LogP contribution >= 0.6 is 0 Å². The van der Waals surface area contributed by atoms with Gasteiger partial charge < -0.3 is 42.6 Å².